The number of fused-ring (bicyclic) bond motifs is 1. The van der Waals surface area contributed by atoms with E-state index in [2.05, 4.69) is 15.3 Å². The molecule has 0 radical (unpaired) electrons. The molecule has 0 aliphatic carbocycles. The van der Waals surface area contributed by atoms with Gasteiger partial charge < -0.3 is 4.90 Å². The average molecular weight is 386 g/mol. The SMILES string of the molecule is O=C(Cc1cnn(-c2ccccc2)c1)N1CCCC(c2nnc3ccccn23)C1. The highest BCUT2D eigenvalue weighted by atomic mass is 16.2. The number of hydrogen-bond donors (Lipinski definition) is 0. The summed E-state index contributed by atoms with van der Waals surface area (Å²) in [6.45, 7) is 1.47. The Morgan fingerprint density at radius 2 is 1.93 bits per heavy atom. The quantitative estimate of drug-likeness (QED) is 0.541. The molecule has 0 saturated carbocycles. The fourth-order valence-corrected chi connectivity index (χ4v) is 4.01. The van der Waals surface area contributed by atoms with Crippen LogP contribution >= 0.6 is 0 Å². The van der Waals surface area contributed by atoms with Gasteiger partial charge in [0.05, 0.1) is 18.3 Å². The highest BCUT2D eigenvalue weighted by Gasteiger charge is 2.28. The van der Waals surface area contributed by atoms with E-state index in [4.69, 9.17) is 0 Å². The van der Waals surface area contributed by atoms with Crippen LogP contribution in [0, 0.1) is 0 Å². The zero-order valence-corrected chi connectivity index (χ0v) is 16.1. The van der Waals surface area contributed by atoms with Crippen LogP contribution in [0.2, 0.25) is 0 Å². The lowest BCUT2D eigenvalue weighted by Crippen LogP contribution is -2.40. The molecular weight excluding hydrogens is 364 g/mol. The van der Waals surface area contributed by atoms with Gasteiger partial charge in [-0.3, -0.25) is 9.20 Å². The van der Waals surface area contributed by atoms with E-state index in [0.29, 0.717) is 13.0 Å². The molecule has 5 rings (SSSR count). The Labute approximate surface area is 168 Å². The fourth-order valence-electron chi connectivity index (χ4n) is 4.01. The van der Waals surface area contributed by atoms with Crippen molar-refractivity contribution in [3.8, 4) is 5.69 Å². The first-order chi connectivity index (χ1) is 14.3. The number of likely N-dealkylation sites (tertiary alicyclic amines) is 1. The van der Waals surface area contributed by atoms with E-state index >= 15 is 0 Å². The van der Waals surface area contributed by atoms with E-state index in [1.165, 1.54) is 0 Å². The Bertz CT molecular complexity index is 1130. The predicted molar refractivity (Wildman–Crippen MR) is 109 cm³/mol. The van der Waals surface area contributed by atoms with Crippen LogP contribution in [0.3, 0.4) is 0 Å². The zero-order valence-electron chi connectivity index (χ0n) is 16.1. The number of rotatable bonds is 4. The molecule has 1 saturated heterocycles. The number of aromatic nitrogens is 5. The normalized spacial score (nSPS) is 17.0. The highest BCUT2D eigenvalue weighted by molar-refractivity contribution is 5.78. The molecule has 1 amide bonds. The molecule has 4 aromatic rings. The number of hydrogen-bond acceptors (Lipinski definition) is 4. The minimum atomic E-state index is 0.135. The number of para-hydroxylation sites is 1. The average Bonchev–Trinajstić information content (AvgIpc) is 3.42. The van der Waals surface area contributed by atoms with Gasteiger partial charge in [-0.15, -0.1) is 10.2 Å². The van der Waals surface area contributed by atoms with Crippen LogP contribution in [0.5, 0.6) is 0 Å². The predicted octanol–water partition coefficient (Wildman–Crippen LogP) is 2.86. The van der Waals surface area contributed by atoms with Crippen LogP contribution in [0.1, 0.15) is 30.1 Å². The van der Waals surface area contributed by atoms with Crippen molar-refractivity contribution >= 4 is 11.6 Å². The number of nitrogens with zero attached hydrogens (tertiary/aromatic N) is 6. The Kier molecular flexibility index (Phi) is 4.56. The molecule has 4 heterocycles. The molecular formula is C22H22N6O. The molecule has 146 valence electrons. The molecule has 1 aromatic carbocycles. The topological polar surface area (TPSA) is 68.3 Å². The summed E-state index contributed by atoms with van der Waals surface area (Å²) in [6, 6.07) is 15.8. The van der Waals surface area contributed by atoms with E-state index in [-0.39, 0.29) is 11.8 Å². The minimum absolute atomic E-state index is 0.135. The van der Waals surface area contributed by atoms with Crippen LogP contribution in [0.25, 0.3) is 11.3 Å². The second-order valence-corrected chi connectivity index (χ2v) is 7.47. The van der Waals surface area contributed by atoms with Crippen LogP contribution < -0.4 is 0 Å². The summed E-state index contributed by atoms with van der Waals surface area (Å²) in [7, 11) is 0. The highest BCUT2D eigenvalue weighted by Crippen LogP contribution is 2.26. The summed E-state index contributed by atoms with van der Waals surface area (Å²) in [5.74, 6) is 1.28. The standard InChI is InChI=1S/C22H22N6O/c29-21(13-17-14-23-28(15-17)19-8-2-1-3-9-19)26-11-6-7-18(16-26)22-25-24-20-10-4-5-12-27(20)22/h1-5,8-10,12,14-15,18H,6-7,11,13,16H2. The van der Waals surface area contributed by atoms with Crippen molar-refractivity contribution in [3.63, 3.8) is 0 Å². The molecule has 7 heteroatoms. The van der Waals surface area contributed by atoms with Gasteiger partial charge in [0.15, 0.2) is 5.65 Å². The van der Waals surface area contributed by atoms with Gasteiger partial charge in [0.1, 0.15) is 5.82 Å². The summed E-state index contributed by atoms with van der Waals surface area (Å²) in [4.78, 5) is 14.9. The number of piperidine rings is 1. The number of carbonyl (C=O) groups is 1. The number of benzene rings is 1. The molecule has 1 aliphatic rings. The van der Waals surface area contributed by atoms with Gasteiger partial charge >= 0.3 is 0 Å². The van der Waals surface area contributed by atoms with Gasteiger partial charge in [-0.2, -0.15) is 5.10 Å². The molecule has 7 nitrogen and oxygen atoms in total. The Balaban J connectivity index is 1.29. The lowest BCUT2D eigenvalue weighted by molar-refractivity contribution is -0.131. The smallest absolute Gasteiger partial charge is 0.227 e. The van der Waals surface area contributed by atoms with Gasteiger partial charge in [-0.25, -0.2) is 4.68 Å². The third-order valence-electron chi connectivity index (χ3n) is 5.49. The van der Waals surface area contributed by atoms with Crippen LogP contribution in [0.4, 0.5) is 0 Å². The second-order valence-electron chi connectivity index (χ2n) is 7.47. The molecule has 1 atom stereocenters. The van der Waals surface area contributed by atoms with Gasteiger partial charge in [-0.1, -0.05) is 24.3 Å². The van der Waals surface area contributed by atoms with Gasteiger partial charge in [0, 0.05) is 31.4 Å². The summed E-state index contributed by atoms with van der Waals surface area (Å²) < 4.78 is 3.84. The number of carbonyl (C=O) groups excluding carboxylic acids is 1. The van der Waals surface area contributed by atoms with E-state index in [1.54, 1.807) is 6.20 Å². The summed E-state index contributed by atoms with van der Waals surface area (Å²) >= 11 is 0. The Morgan fingerprint density at radius 3 is 2.83 bits per heavy atom. The maximum Gasteiger partial charge on any atom is 0.227 e. The van der Waals surface area contributed by atoms with Crippen molar-refractivity contribution in [3.05, 3.63) is 78.5 Å². The molecule has 1 unspecified atom stereocenters. The summed E-state index contributed by atoms with van der Waals surface area (Å²) in [5.41, 5.74) is 2.76. The molecule has 1 fully saturated rings. The van der Waals surface area contributed by atoms with Crippen LogP contribution in [-0.2, 0) is 11.2 Å². The first-order valence-corrected chi connectivity index (χ1v) is 9.94. The van der Waals surface area contributed by atoms with E-state index in [1.807, 2.05) is 74.9 Å². The van der Waals surface area contributed by atoms with E-state index in [0.717, 1.165) is 42.1 Å². The first-order valence-electron chi connectivity index (χ1n) is 9.94. The number of pyridine rings is 1. The largest absolute Gasteiger partial charge is 0.342 e. The van der Waals surface area contributed by atoms with Gasteiger partial charge in [-0.05, 0) is 42.7 Å². The monoisotopic (exact) mass is 386 g/mol. The van der Waals surface area contributed by atoms with Crippen molar-refractivity contribution in [2.75, 3.05) is 13.1 Å². The van der Waals surface area contributed by atoms with Gasteiger partial charge in [0.2, 0.25) is 5.91 Å². The summed E-state index contributed by atoms with van der Waals surface area (Å²) in [6.07, 6.45) is 8.05. The van der Waals surface area contributed by atoms with Crippen LogP contribution in [0.15, 0.2) is 67.1 Å². The van der Waals surface area contributed by atoms with Crippen LogP contribution in [-0.4, -0.2) is 48.3 Å². The van der Waals surface area contributed by atoms with Crippen molar-refractivity contribution in [2.24, 2.45) is 0 Å². The Morgan fingerprint density at radius 1 is 1.07 bits per heavy atom. The number of amides is 1. The minimum Gasteiger partial charge on any atom is -0.342 e. The fraction of sp³-hybridized carbons (Fsp3) is 0.273. The lowest BCUT2D eigenvalue weighted by Gasteiger charge is -2.32. The molecule has 0 N–H and O–H groups in total. The molecule has 29 heavy (non-hydrogen) atoms. The van der Waals surface area contributed by atoms with E-state index < -0.39 is 0 Å². The third kappa shape index (κ3) is 3.51. The third-order valence-corrected chi connectivity index (χ3v) is 5.49. The maximum absolute atomic E-state index is 12.9. The van der Waals surface area contributed by atoms with Crippen molar-refractivity contribution < 1.29 is 4.79 Å². The molecule has 3 aromatic heterocycles. The molecule has 0 spiro atoms. The zero-order chi connectivity index (χ0) is 19.6. The molecule has 0 bridgehead atoms. The maximum atomic E-state index is 12.9. The van der Waals surface area contributed by atoms with Crippen molar-refractivity contribution in [1.29, 1.82) is 0 Å². The Hall–Kier alpha value is -3.48. The lowest BCUT2D eigenvalue weighted by atomic mass is 9.96. The van der Waals surface area contributed by atoms with Gasteiger partial charge in [0.25, 0.3) is 0 Å². The van der Waals surface area contributed by atoms with E-state index in [9.17, 15) is 4.79 Å². The second kappa shape index (κ2) is 7.50. The molecule has 1 aliphatic heterocycles. The van der Waals surface area contributed by atoms with Crippen molar-refractivity contribution in [2.45, 2.75) is 25.2 Å². The summed E-state index contributed by atoms with van der Waals surface area (Å²) in [5, 5.41) is 13.1. The van der Waals surface area contributed by atoms with Crippen molar-refractivity contribution in [1.82, 2.24) is 29.3 Å². The first kappa shape index (κ1) is 17.6.